The number of hydrogen-bond donors (Lipinski definition) is 2. The molecule has 0 aromatic heterocycles. The minimum atomic E-state index is -0.526. The Morgan fingerprint density at radius 1 is 1.33 bits per heavy atom. The van der Waals surface area contributed by atoms with Crippen LogP contribution in [0.5, 0.6) is 0 Å². The van der Waals surface area contributed by atoms with Gasteiger partial charge in [0, 0.05) is 5.69 Å². The molecule has 0 atom stereocenters. The van der Waals surface area contributed by atoms with Gasteiger partial charge in [0.15, 0.2) is 0 Å². The smallest absolute Gasteiger partial charge is 0.316 e. The highest BCUT2D eigenvalue weighted by Crippen LogP contribution is 2.26. The van der Waals surface area contributed by atoms with Crippen LogP contribution >= 0.6 is 0 Å². The first-order chi connectivity index (χ1) is 6.80. The number of nitrogens with two attached hydrogens (primary N) is 1. The molecule has 3 N–H and O–H groups in total. The first-order valence-corrected chi connectivity index (χ1v) is 4.98. The molecule has 0 aliphatic heterocycles. The van der Waals surface area contributed by atoms with E-state index in [4.69, 9.17) is 5.73 Å². The molecule has 0 aliphatic carbocycles. The molecule has 0 saturated heterocycles. The van der Waals surface area contributed by atoms with Crippen molar-refractivity contribution < 1.29 is 4.79 Å². The second kappa shape index (κ2) is 3.93. The number of urea groups is 1. The number of primary amides is 1. The molecule has 0 radical (unpaired) electrons. The van der Waals surface area contributed by atoms with Crippen molar-refractivity contribution in [3.8, 4) is 0 Å². The van der Waals surface area contributed by atoms with Gasteiger partial charge in [-0.15, -0.1) is 0 Å². The standard InChI is InChI=1S/C12H18N2O/c1-8-7-9(12(2,3)4)5-6-10(8)14-11(13)15/h5-7H,1-4H3,(H3,13,14,15). The zero-order valence-electron chi connectivity index (χ0n) is 9.72. The highest BCUT2D eigenvalue weighted by molar-refractivity contribution is 5.88. The molecule has 3 nitrogen and oxygen atoms in total. The molecule has 0 unspecified atom stereocenters. The van der Waals surface area contributed by atoms with Crippen LogP contribution in [0.1, 0.15) is 31.9 Å². The lowest BCUT2D eigenvalue weighted by Gasteiger charge is -2.20. The third-order valence-electron chi connectivity index (χ3n) is 2.35. The van der Waals surface area contributed by atoms with Crippen LogP contribution in [-0.4, -0.2) is 6.03 Å². The predicted molar refractivity (Wildman–Crippen MR) is 63.1 cm³/mol. The van der Waals surface area contributed by atoms with E-state index in [9.17, 15) is 4.79 Å². The lowest BCUT2D eigenvalue weighted by molar-refractivity contribution is 0.259. The number of benzene rings is 1. The minimum Gasteiger partial charge on any atom is -0.351 e. The van der Waals surface area contributed by atoms with E-state index in [1.165, 1.54) is 5.56 Å². The molecular weight excluding hydrogens is 188 g/mol. The van der Waals surface area contributed by atoms with E-state index in [1.54, 1.807) is 0 Å². The summed E-state index contributed by atoms with van der Waals surface area (Å²) >= 11 is 0. The van der Waals surface area contributed by atoms with E-state index >= 15 is 0 Å². The maximum atomic E-state index is 10.7. The van der Waals surface area contributed by atoms with E-state index in [-0.39, 0.29) is 5.41 Å². The van der Waals surface area contributed by atoms with Gasteiger partial charge in [-0.25, -0.2) is 4.79 Å². The number of rotatable bonds is 1. The van der Waals surface area contributed by atoms with Crippen LogP contribution in [0, 0.1) is 6.92 Å². The molecule has 1 aromatic rings. The third kappa shape index (κ3) is 2.98. The molecule has 82 valence electrons. The number of carbonyl (C=O) groups excluding carboxylic acids is 1. The van der Waals surface area contributed by atoms with Crippen molar-refractivity contribution in [3.63, 3.8) is 0 Å². The van der Waals surface area contributed by atoms with Crippen LogP contribution < -0.4 is 11.1 Å². The maximum Gasteiger partial charge on any atom is 0.316 e. The Morgan fingerprint density at radius 2 is 1.93 bits per heavy atom. The van der Waals surface area contributed by atoms with Crippen molar-refractivity contribution in [1.29, 1.82) is 0 Å². The lowest BCUT2D eigenvalue weighted by Crippen LogP contribution is -2.20. The molecule has 3 heteroatoms. The summed E-state index contributed by atoms with van der Waals surface area (Å²) in [6.45, 7) is 8.43. The summed E-state index contributed by atoms with van der Waals surface area (Å²) in [5.41, 5.74) is 8.24. The fourth-order valence-electron chi connectivity index (χ4n) is 1.40. The number of hydrogen-bond acceptors (Lipinski definition) is 1. The Balaban J connectivity index is 3.03. The van der Waals surface area contributed by atoms with Crippen molar-refractivity contribution in [2.75, 3.05) is 5.32 Å². The lowest BCUT2D eigenvalue weighted by atomic mass is 9.86. The van der Waals surface area contributed by atoms with Gasteiger partial charge in [0.05, 0.1) is 0 Å². The fourth-order valence-corrected chi connectivity index (χ4v) is 1.40. The number of aryl methyl sites for hydroxylation is 1. The number of nitrogens with one attached hydrogen (secondary N) is 1. The Kier molecular flexibility index (Phi) is 3.03. The van der Waals surface area contributed by atoms with Gasteiger partial charge in [-0.3, -0.25) is 0 Å². The Hall–Kier alpha value is -1.51. The van der Waals surface area contributed by atoms with Gasteiger partial charge in [0.2, 0.25) is 0 Å². The number of anilines is 1. The van der Waals surface area contributed by atoms with Crippen molar-refractivity contribution in [2.45, 2.75) is 33.1 Å². The Labute approximate surface area is 90.7 Å². The molecule has 0 bridgehead atoms. The van der Waals surface area contributed by atoms with Gasteiger partial charge in [-0.1, -0.05) is 32.9 Å². The molecule has 0 saturated carbocycles. The van der Waals surface area contributed by atoms with Gasteiger partial charge in [-0.2, -0.15) is 0 Å². The van der Waals surface area contributed by atoms with E-state index in [0.29, 0.717) is 0 Å². The van der Waals surface area contributed by atoms with Crippen molar-refractivity contribution in [3.05, 3.63) is 29.3 Å². The van der Waals surface area contributed by atoms with Crippen molar-refractivity contribution >= 4 is 11.7 Å². The summed E-state index contributed by atoms with van der Waals surface area (Å²) < 4.78 is 0. The largest absolute Gasteiger partial charge is 0.351 e. The van der Waals surface area contributed by atoms with Crippen LogP contribution in [0.15, 0.2) is 18.2 Å². The summed E-state index contributed by atoms with van der Waals surface area (Å²) in [5, 5.41) is 2.59. The number of amides is 2. The summed E-state index contributed by atoms with van der Waals surface area (Å²) in [5.74, 6) is 0. The molecule has 15 heavy (non-hydrogen) atoms. The SMILES string of the molecule is Cc1cc(C(C)(C)C)ccc1NC(N)=O. The molecule has 0 spiro atoms. The van der Waals surface area contributed by atoms with Gasteiger partial charge in [0.1, 0.15) is 0 Å². The van der Waals surface area contributed by atoms with E-state index in [0.717, 1.165) is 11.3 Å². The van der Waals surface area contributed by atoms with Crippen molar-refractivity contribution in [1.82, 2.24) is 0 Å². The molecular formula is C12H18N2O. The Bertz CT molecular complexity index is 378. The zero-order valence-corrected chi connectivity index (χ0v) is 9.72. The average molecular weight is 206 g/mol. The van der Waals surface area contributed by atoms with Crippen molar-refractivity contribution in [2.24, 2.45) is 5.73 Å². The predicted octanol–water partition coefficient (Wildman–Crippen LogP) is 2.78. The highest BCUT2D eigenvalue weighted by Gasteiger charge is 2.14. The molecule has 0 fully saturated rings. The zero-order chi connectivity index (χ0) is 11.6. The summed E-state index contributed by atoms with van der Waals surface area (Å²) in [6.07, 6.45) is 0. The normalized spacial score (nSPS) is 11.2. The minimum absolute atomic E-state index is 0.121. The topological polar surface area (TPSA) is 55.1 Å². The first kappa shape index (κ1) is 11.6. The molecule has 0 aliphatic rings. The fraction of sp³-hybridized carbons (Fsp3) is 0.417. The van der Waals surface area contributed by atoms with E-state index < -0.39 is 6.03 Å². The molecule has 2 amide bonds. The maximum absolute atomic E-state index is 10.7. The molecule has 1 rings (SSSR count). The van der Waals surface area contributed by atoms with Gasteiger partial charge >= 0.3 is 6.03 Å². The summed E-state index contributed by atoms with van der Waals surface area (Å²) in [7, 11) is 0. The highest BCUT2D eigenvalue weighted by atomic mass is 16.2. The second-order valence-corrected chi connectivity index (χ2v) is 4.77. The van der Waals surface area contributed by atoms with E-state index in [1.807, 2.05) is 19.1 Å². The van der Waals surface area contributed by atoms with E-state index in [2.05, 4.69) is 32.2 Å². The van der Waals surface area contributed by atoms with Gasteiger partial charge in [0.25, 0.3) is 0 Å². The summed E-state index contributed by atoms with van der Waals surface area (Å²) in [6, 6.07) is 5.45. The molecule has 0 heterocycles. The van der Waals surface area contributed by atoms with Crippen LogP contribution in [0.25, 0.3) is 0 Å². The average Bonchev–Trinajstić information content (AvgIpc) is 2.05. The van der Waals surface area contributed by atoms with Crippen LogP contribution in [-0.2, 0) is 5.41 Å². The third-order valence-corrected chi connectivity index (χ3v) is 2.35. The monoisotopic (exact) mass is 206 g/mol. The van der Waals surface area contributed by atoms with Gasteiger partial charge < -0.3 is 11.1 Å². The molecule has 1 aromatic carbocycles. The first-order valence-electron chi connectivity index (χ1n) is 4.98. The van der Waals surface area contributed by atoms with Crippen LogP contribution in [0.3, 0.4) is 0 Å². The second-order valence-electron chi connectivity index (χ2n) is 4.77. The quantitative estimate of drug-likeness (QED) is 0.729. The summed E-state index contributed by atoms with van der Waals surface area (Å²) in [4.78, 5) is 10.7. The Morgan fingerprint density at radius 3 is 2.33 bits per heavy atom. The number of carbonyl (C=O) groups is 1. The van der Waals surface area contributed by atoms with Crippen LogP contribution in [0.4, 0.5) is 10.5 Å². The van der Waals surface area contributed by atoms with Gasteiger partial charge in [-0.05, 0) is 29.5 Å². The van der Waals surface area contributed by atoms with Crippen LogP contribution in [0.2, 0.25) is 0 Å².